The SMILES string of the molecule is Cc1cc2[nH]ccc2nn1. The molecule has 0 aliphatic carbocycles. The van der Waals surface area contributed by atoms with Crippen molar-refractivity contribution in [3.05, 3.63) is 24.0 Å². The van der Waals surface area contributed by atoms with Gasteiger partial charge in [0.15, 0.2) is 0 Å². The van der Waals surface area contributed by atoms with E-state index in [0.717, 1.165) is 16.7 Å². The zero-order chi connectivity index (χ0) is 6.97. The smallest absolute Gasteiger partial charge is 0.111 e. The number of aromatic nitrogens is 3. The van der Waals surface area contributed by atoms with Crippen molar-refractivity contribution in [1.29, 1.82) is 0 Å². The predicted molar refractivity (Wildman–Crippen MR) is 38.6 cm³/mol. The van der Waals surface area contributed by atoms with Crippen molar-refractivity contribution in [1.82, 2.24) is 15.2 Å². The fourth-order valence-electron chi connectivity index (χ4n) is 0.947. The summed E-state index contributed by atoms with van der Waals surface area (Å²) in [6.07, 6.45) is 1.86. The summed E-state index contributed by atoms with van der Waals surface area (Å²) in [5, 5.41) is 7.87. The largest absolute Gasteiger partial charge is 0.360 e. The van der Waals surface area contributed by atoms with Crippen LogP contribution in [-0.2, 0) is 0 Å². The van der Waals surface area contributed by atoms with Crippen LogP contribution in [0.1, 0.15) is 5.69 Å². The average Bonchev–Trinajstić information content (AvgIpc) is 2.33. The second kappa shape index (κ2) is 1.80. The van der Waals surface area contributed by atoms with Crippen LogP contribution in [0.15, 0.2) is 18.3 Å². The van der Waals surface area contributed by atoms with Crippen LogP contribution in [0, 0.1) is 6.92 Å². The van der Waals surface area contributed by atoms with E-state index in [2.05, 4.69) is 15.2 Å². The second-order valence-corrected chi connectivity index (χ2v) is 2.26. The van der Waals surface area contributed by atoms with Crippen molar-refractivity contribution in [3.63, 3.8) is 0 Å². The quantitative estimate of drug-likeness (QED) is 0.588. The molecule has 0 aromatic carbocycles. The summed E-state index contributed by atoms with van der Waals surface area (Å²) in [5.41, 5.74) is 2.91. The van der Waals surface area contributed by atoms with Crippen LogP contribution < -0.4 is 0 Å². The first-order valence-electron chi connectivity index (χ1n) is 3.14. The van der Waals surface area contributed by atoms with Gasteiger partial charge in [0, 0.05) is 6.20 Å². The molecule has 3 heteroatoms. The Balaban J connectivity index is 2.86. The molecule has 0 spiro atoms. The van der Waals surface area contributed by atoms with E-state index in [1.807, 2.05) is 25.3 Å². The Morgan fingerprint density at radius 2 is 2.30 bits per heavy atom. The lowest BCUT2D eigenvalue weighted by Crippen LogP contribution is -1.84. The Morgan fingerprint density at radius 1 is 1.40 bits per heavy atom. The molecule has 0 bridgehead atoms. The Bertz CT molecular complexity index is 350. The molecular weight excluding hydrogens is 126 g/mol. The fourth-order valence-corrected chi connectivity index (χ4v) is 0.947. The Labute approximate surface area is 58.1 Å². The van der Waals surface area contributed by atoms with Crippen LogP contribution in [0.4, 0.5) is 0 Å². The molecule has 2 aromatic heterocycles. The van der Waals surface area contributed by atoms with Crippen LogP contribution in [0.5, 0.6) is 0 Å². The topological polar surface area (TPSA) is 41.6 Å². The minimum absolute atomic E-state index is 0.922. The predicted octanol–water partition coefficient (Wildman–Crippen LogP) is 1.27. The third-order valence-corrected chi connectivity index (χ3v) is 1.42. The van der Waals surface area contributed by atoms with Gasteiger partial charge in [-0.1, -0.05) is 0 Å². The van der Waals surface area contributed by atoms with Crippen LogP contribution in [0.25, 0.3) is 11.0 Å². The van der Waals surface area contributed by atoms with Gasteiger partial charge < -0.3 is 4.98 Å². The van der Waals surface area contributed by atoms with Crippen LogP contribution in [-0.4, -0.2) is 15.2 Å². The standard InChI is InChI=1S/C7H7N3/c1-5-4-7-6(10-9-5)2-3-8-7/h2-4,8H,1H3. The summed E-state index contributed by atoms with van der Waals surface area (Å²) in [6, 6.07) is 3.88. The van der Waals surface area contributed by atoms with E-state index in [-0.39, 0.29) is 0 Å². The molecule has 10 heavy (non-hydrogen) atoms. The van der Waals surface area contributed by atoms with Crippen LogP contribution in [0.2, 0.25) is 0 Å². The second-order valence-electron chi connectivity index (χ2n) is 2.26. The Hall–Kier alpha value is -1.38. The maximum Gasteiger partial charge on any atom is 0.111 e. The highest BCUT2D eigenvalue weighted by atomic mass is 15.1. The number of H-pyrrole nitrogens is 1. The summed E-state index contributed by atoms with van der Waals surface area (Å²) >= 11 is 0. The molecule has 3 nitrogen and oxygen atoms in total. The lowest BCUT2D eigenvalue weighted by Gasteiger charge is -1.88. The number of nitrogens with zero attached hydrogens (tertiary/aromatic N) is 2. The van der Waals surface area contributed by atoms with Gasteiger partial charge in [0.05, 0.1) is 11.2 Å². The first-order valence-corrected chi connectivity index (χ1v) is 3.14. The fraction of sp³-hybridized carbons (Fsp3) is 0.143. The van der Waals surface area contributed by atoms with Gasteiger partial charge in [-0.15, -0.1) is 5.10 Å². The normalized spacial score (nSPS) is 10.5. The van der Waals surface area contributed by atoms with Gasteiger partial charge in [0.25, 0.3) is 0 Å². The number of aromatic amines is 1. The van der Waals surface area contributed by atoms with E-state index in [9.17, 15) is 0 Å². The highest BCUT2D eigenvalue weighted by molar-refractivity contribution is 5.73. The highest BCUT2D eigenvalue weighted by Crippen LogP contribution is 2.06. The maximum absolute atomic E-state index is 3.96. The molecule has 0 fully saturated rings. The third-order valence-electron chi connectivity index (χ3n) is 1.42. The lowest BCUT2D eigenvalue weighted by atomic mass is 10.4. The molecule has 0 aliphatic rings. The summed E-state index contributed by atoms with van der Waals surface area (Å²) in [6.45, 7) is 1.92. The van der Waals surface area contributed by atoms with Gasteiger partial charge in [-0.05, 0) is 19.1 Å². The lowest BCUT2D eigenvalue weighted by molar-refractivity contribution is 1.02. The number of aryl methyl sites for hydroxylation is 1. The van der Waals surface area contributed by atoms with E-state index in [1.165, 1.54) is 0 Å². The minimum atomic E-state index is 0.922. The van der Waals surface area contributed by atoms with Gasteiger partial charge >= 0.3 is 0 Å². The Morgan fingerprint density at radius 3 is 3.20 bits per heavy atom. The van der Waals surface area contributed by atoms with Crippen LogP contribution in [0.3, 0.4) is 0 Å². The molecule has 0 radical (unpaired) electrons. The summed E-state index contributed by atoms with van der Waals surface area (Å²) in [4.78, 5) is 3.06. The van der Waals surface area contributed by atoms with E-state index in [1.54, 1.807) is 0 Å². The molecule has 50 valence electrons. The molecule has 1 N–H and O–H groups in total. The zero-order valence-corrected chi connectivity index (χ0v) is 5.63. The number of nitrogens with one attached hydrogen (secondary N) is 1. The Kier molecular flexibility index (Phi) is 0.974. The molecule has 2 heterocycles. The van der Waals surface area contributed by atoms with Gasteiger partial charge in [-0.2, -0.15) is 5.10 Å². The third kappa shape index (κ3) is 0.673. The average molecular weight is 133 g/mol. The number of fused-ring (bicyclic) bond motifs is 1. The molecule has 0 saturated carbocycles. The van der Waals surface area contributed by atoms with Crippen molar-refractivity contribution in [2.75, 3.05) is 0 Å². The monoisotopic (exact) mass is 133 g/mol. The molecular formula is C7H7N3. The van der Waals surface area contributed by atoms with Gasteiger partial charge in [-0.3, -0.25) is 0 Å². The molecule has 0 saturated heterocycles. The molecule has 0 aliphatic heterocycles. The number of rotatable bonds is 0. The number of hydrogen-bond donors (Lipinski definition) is 1. The van der Waals surface area contributed by atoms with Gasteiger partial charge in [-0.25, -0.2) is 0 Å². The molecule has 2 aromatic rings. The first-order chi connectivity index (χ1) is 4.86. The zero-order valence-electron chi connectivity index (χ0n) is 5.63. The number of hydrogen-bond acceptors (Lipinski definition) is 2. The van der Waals surface area contributed by atoms with Crippen molar-refractivity contribution in [2.24, 2.45) is 0 Å². The molecule has 0 unspecified atom stereocenters. The van der Waals surface area contributed by atoms with E-state index in [4.69, 9.17) is 0 Å². The van der Waals surface area contributed by atoms with Crippen molar-refractivity contribution >= 4 is 11.0 Å². The highest BCUT2D eigenvalue weighted by Gasteiger charge is 1.94. The van der Waals surface area contributed by atoms with Crippen LogP contribution >= 0.6 is 0 Å². The minimum Gasteiger partial charge on any atom is -0.360 e. The summed E-state index contributed by atoms with van der Waals surface area (Å²) in [5.74, 6) is 0. The van der Waals surface area contributed by atoms with Gasteiger partial charge in [0.2, 0.25) is 0 Å². The van der Waals surface area contributed by atoms with Crippen molar-refractivity contribution in [2.45, 2.75) is 6.92 Å². The van der Waals surface area contributed by atoms with Crippen molar-refractivity contribution < 1.29 is 0 Å². The van der Waals surface area contributed by atoms with E-state index in [0.29, 0.717) is 0 Å². The maximum atomic E-state index is 3.96. The van der Waals surface area contributed by atoms with E-state index >= 15 is 0 Å². The molecule has 2 rings (SSSR count). The first kappa shape index (κ1) is 5.41. The van der Waals surface area contributed by atoms with E-state index < -0.39 is 0 Å². The van der Waals surface area contributed by atoms with Gasteiger partial charge in [0.1, 0.15) is 5.52 Å². The summed E-state index contributed by atoms with van der Waals surface area (Å²) < 4.78 is 0. The molecule has 0 amide bonds. The summed E-state index contributed by atoms with van der Waals surface area (Å²) in [7, 11) is 0. The van der Waals surface area contributed by atoms with Crippen molar-refractivity contribution in [3.8, 4) is 0 Å². The molecule has 0 atom stereocenters.